The lowest BCUT2D eigenvalue weighted by atomic mass is 10.1. The summed E-state index contributed by atoms with van der Waals surface area (Å²) in [6.45, 7) is 6.20. The fourth-order valence-corrected chi connectivity index (χ4v) is 4.54. The Balaban J connectivity index is 1.89. The molecule has 0 aliphatic heterocycles. The summed E-state index contributed by atoms with van der Waals surface area (Å²) < 4.78 is 1.95. The molecule has 0 amide bonds. The lowest BCUT2D eigenvalue weighted by molar-refractivity contribution is 0.849. The Kier molecular flexibility index (Phi) is 5.32. The summed E-state index contributed by atoms with van der Waals surface area (Å²) in [7, 11) is 0. The third-order valence-electron chi connectivity index (χ3n) is 4.38. The van der Waals surface area contributed by atoms with E-state index in [-0.39, 0.29) is 0 Å². The Morgan fingerprint density at radius 2 is 1.86 bits per heavy atom. The van der Waals surface area contributed by atoms with Crippen LogP contribution in [-0.2, 0) is 0 Å². The van der Waals surface area contributed by atoms with E-state index in [1.807, 2.05) is 23.7 Å². The van der Waals surface area contributed by atoms with E-state index in [0.717, 1.165) is 33.0 Å². The van der Waals surface area contributed by atoms with E-state index in [1.165, 1.54) is 10.4 Å². The molecule has 0 unspecified atom stereocenters. The molecule has 3 aromatic heterocycles. The van der Waals surface area contributed by atoms with Crippen LogP contribution in [0.5, 0.6) is 0 Å². The number of aryl methyl sites for hydroxylation is 2. The van der Waals surface area contributed by atoms with E-state index >= 15 is 0 Å². The summed E-state index contributed by atoms with van der Waals surface area (Å²) >= 11 is 3.31. The molecule has 3 heterocycles. The summed E-state index contributed by atoms with van der Waals surface area (Å²) in [6, 6.07) is 14.4. The summed E-state index contributed by atoms with van der Waals surface area (Å²) in [5, 5.41) is 9.12. The van der Waals surface area contributed by atoms with Crippen molar-refractivity contribution >= 4 is 34.1 Å². The predicted octanol–water partition coefficient (Wildman–Crippen LogP) is 5.79. The van der Waals surface area contributed by atoms with Crippen molar-refractivity contribution < 1.29 is 0 Å². The molecule has 4 nitrogen and oxygen atoms in total. The Morgan fingerprint density at radius 1 is 1.04 bits per heavy atom. The number of hydrogen-bond donors (Lipinski definition) is 0. The standard InChI is InChI=1S/C22H20N4S2/c1-15-6-7-19(16(2)13-15)24-22-26(20(14-28-22)21-5-4-12-27-21)25-17(3)18-8-10-23-11-9-18/h4-14H,1-3H3. The molecule has 28 heavy (non-hydrogen) atoms. The lowest BCUT2D eigenvalue weighted by Crippen LogP contribution is -2.13. The van der Waals surface area contributed by atoms with Crippen molar-refractivity contribution in [2.75, 3.05) is 0 Å². The van der Waals surface area contributed by atoms with Gasteiger partial charge in [-0.05, 0) is 56.0 Å². The van der Waals surface area contributed by atoms with Gasteiger partial charge in [-0.1, -0.05) is 23.8 Å². The van der Waals surface area contributed by atoms with Crippen LogP contribution in [0, 0.1) is 13.8 Å². The van der Waals surface area contributed by atoms with Crippen molar-refractivity contribution in [3.05, 3.63) is 87.1 Å². The quantitative estimate of drug-likeness (QED) is 0.397. The van der Waals surface area contributed by atoms with Gasteiger partial charge < -0.3 is 0 Å². The largest absolute Gasteiger partial charge is 0.265 e. The molecule has 0 radical (unpaired) electrons. The number of thiophene rings is 1. The molecule has 0 N–H and O–H groups in total. The molecule has 0 atom stereocenters. The minimum absolute atomic E-state index is 0.851. The van der Waals surface area contributed by atoms with Gasteiger partial charge in [0.25, 0.3) is 0 Å². The number of pyridine rings is 1. The molecule has 0 saturated carbocycles. The van der Waals surface area contributed by atoms with Gasteiger partial charge >= 0.3 is 0 Å². The van der Waals surface area contributed by atoms with Crippen LogP contribution in [0.2, 0.25) is 0 Å². The van der Waals surface area contributed by atoms with E-state index in [4.69, 9.17) is 10.1 Å². The maximum absolute atomic E-state index is 4.93. The molecule has 0 fully saturated rings. The highest BCUT2D eigenvalue weighted by molar-refractivity contribution is 7.14. The number of nitrogens with zero attached hydrogens (tertiary/aromatic N) is 4. The lowest BCUT2D eigenvalue weighted by Gasteiger charge is -2.05. The van der Waals surface area contributed by atoms with Crippen LogP contribution in [0.15, 0.2) is 75.7 Å². The van der Waals surface area contributed by atoms with Gasteiger partial charge in [0, 0.05) is 23.3 Å². The summed E-state index contributed by atoms with van der Waals surface area (Å²) in [5.74, 6) is 0. The molecule has 1 aromatic carbocycles. The third kappa shape index (κ3) is 3.88. The van der Waals surface area contributed by atoms with Gasteiger partial charge in [0.15, 0.2) is 0 Å². The first-order valence-corrected chi connectivity index (χ1v) is 10.7. The molecular weight excluding hydrogens is 384 g/mol. The van der Waals surface area contributed by atoms with Crippen LogP contribution >= 0.6 is 22.7 Å². The zero-order valence-corrected chi connectivity index (χ0v) is 17.6. The van der Waals surface area contributed by atoms with Crippen molar-refractivity contribution in [2.24, 2.45) is 10.1 Å². The van der Waals surface area contributed by atoms with Crippen molar-refractivity contribution in [1.29, 1.82) is 0 Å². The maximum atomic E-state index is 4.93. The van der Waals surface area contributed by atoms with Gasteiger partial charge in [-0.3, -0.25) is 4.98 Å². The molecule has 0 aliphatic carbocycles. The van der Waals surface area contributed by atoms with E-state index < -0.39 is 0 Å². The van der Waals surface area contributed by atoms with Gasteiger partial charge in [0.05, 0.1) is 22.0 Å². The average Bonchev–Trinajstić information content (AvgIpc) is 3.35. The molecule has 0 bridgehead atoms. The van der Waals surface area contributed by atoms with Gasteiger partial charge in [-0.15, -0.1) is 22.7 Å². The van der Waals surface area contributed by atoms with E-state index in [0.29, 0.717) is 0 Å². The number of thiazole rings is 1. The van der Waals surface area contributed by atoms with Crippen LogP contribution in [0.1, 0.15) is 23.6 Å². The molecule has 6 heteroatoms. The van der Waals surface area contributed by atoms with Crippen LogP contribution in [-0.4, -0.2) is 15.4 Å². The topological polar surface area (TPSA) is 42.5 Å². The Bertz CT molecular complexity index is 1180. The van der Waals surface area contributed by atoms with Crippen LogP contribution in [0.3, 0.4) is 0 Å². The molecule has 0 spiro atoms. The fraction of sp³-hybridized carbons (Fsp3) is 0.136. The zero-order chi connectivity index (χ0) is 19.5. The van der Waals surface area contributed by atoms with Crippen LogP contribution in [0.25, 0.3) is 10.6 Å². The Morgan fingerprint density at radius 3 is 2.57 bits per heavy atom. The van der Waals surface area contributed by atoms with Crippen molar-refractivity contribution in [1.82, 2.24) is 9.66 Å². The SMILES string of the molecule is CC(=Nn1c(-c2cccs2)csc1=Nc1ccc(C)cc1C)c1ccncc1. The van der Waals surface area contributed by atoms with Gasteiger partial charge in [-0.25, -0.2) is 9.67 Å². The van der Waals surface area contributed by atoms with Gasteiger partial charge in [-0.2, -0.15) is 5.10 Å². The normalized spacial score (nSPS) is 12.5. The third-order valence-corrected chi connectivity index (χ3v) is 6.08. The number of hydrogen-bond acceptors (Lipinski definition) is 5. The zero-order valence-electron chi connectivity index (χ0n) is 16.0. The van der Waals surface area contributed by atoms with E-state index in [9.17, 15) is 0 Å². The summed E-state index contributed by atoms with van der Waals surface area (Å²) in [6.07, 6.45) is 3.57. The van der Waals surface area contributed by atoms with Crippen molar-refractivity contribution in [3.8, 4) is 10.6 Å². The van der Waals surface area contributed by atoms with Gasteiger partial charge in [0.2, 0.25) is 4.80 Å². The monoisotopic (exact) mass is 404 g/mol. The smallest absolute Gasteiger partial charge is 0.211 e. The molecular formula is C22H20N4S2. The fourth-order valence-electron chi connectivity index (χ4n) is 2.90. The second kappa shape index (κ2) is 8.04. The average molecular weight is 405 g/mol. The first kappa shape index (κ1) is 18.5. The summed E-state index contributed by atoms with van der Waals surface area (Å²) in [5.41, 5.74) is 6.38. The highest BCUT2D eigenvalue weighted by Gasteiger charge is 2.10. The predicted molar refractivity (Wildman–Crippen MR) is 119 cm³/mol. The minimum atomic E-state index is 0.851. The van der Waals surface area contributed by atoms with Crippen LogP contribution in [0.4, 0.5) is 5.69 Å². The van der Waals surface area contributed by atoms with Gasteiger partial charge in [0.1, 0.15) is 0 Å². The molecule has 4 aromatic rings. The maximum Gasteiger partial charge on any atom is 0.211 e. The number of rotatable bonds is 4. The Labute approximate surface area is 172 Å². The Hall–Kier alpha value is -2.83. The summed E-state index contributed by atoms with van der Waals surface area (Å²) in [4.78, 5) is 11.0. The molecule has 0 aliphatic rings. The first-order chi connectivity index (χ1) is 13.6. The molecule has 0 saturated heterocycles. The number of benzene rings is 1. The van der Waals surface area contributed by atoms with E-state index in [2.05, 4.69) is 59.9 Å². The van der Waals surface area contributed by atoms with E-state index in [1.54, 1.807) is 35.1 Å². The minimum Gasteiger partial charge on any atom is -0.265 e. The highest BCUT2D eigenvalue weighted by Crippen LogP contribution is 2.26. The second-order valence-corrected chi connectivity index (χ2v) is 8.30. The molecule has 4 rings (SSSR count). The first-order valence-electron chi connectivity index (χ1n) is 8.94. The highest BCUT2D eigenvalue weighted by atomic mass is 32.1. The second-order valence-electron chi connectivity index (χ2n) is 6.52. The van der Waals surface area contributed by atoms with Crippen molar-refractivity contribution in [3.63, 3.8) is 0 Å². The number of aromatic nitrogens is 2. The molecule has 140 valence electrons. The van der Waals surface area contributed by atoms with Crippen molar-refractivity contribution in [2.45, 2.75) is 20.8 Å². The van der Waals surface area contributed by atoms with Crippen LogP contribution < -0.4 is 4.80 Å².